The van der Waals surface area contributed by atoms with Gasteiger partial charge in [0, 0.05) is 35.9 Å². The van der Waals surface area contributed by atoms with Crippen LogP contribution < -0.4 is 10.2 Å². The van der Waals surface area contributed by atoms with Crippen LogP contribution in [0, 0.1) is 6.92 Å². The third kappa shape index (κ3) is 3.46. The third-order valence-electron chi connectivity index (χ3n) is 3.46. The van der Waals surface area contributed by atoms with E-state index in [4.69, 9.17) is 5.11 Å². The molecule has 0 saturated carbocycles. The van der Waals surface area contributed by atoms with Crippen LogP contribution in [-0.4, -0.2) is 37.4 Å². The van der Waals surface area contributed by atoms with Gasteiger partial charge in [-0.05, 0) is 50.1 Å². The molecule has 18 heavy (non-hydrogen) atoms. The average Bonchev–Trinajstić information content (AvgIpc) is 2.55. The van der Waals surface area contributed by atoms with E-state index in [-0.39, 0.29) is 6.61 Å². The smallest absolute Gasteiger partial charge is 0.0446 e. The van der Waals surface area contributed by atoms with Crippen molar-refractivity contribution in [1.29, 1.82) is 0 Å². The van der Waals surface area contributed by atoms with Crippen LogP contribution in [0.15, 0.2) is 22.7 Å². The van der Waals surface area contributed by atoms with Crippen molar-refractivity contribution in [2.45, 2.75) is 25.8 Å². The van der Waals surface area contributed by atoms with E-state index < -0.39 is 0 Å². The van der Waals surface area contributed by atoms with E-state index in [1.807, 2.05) is 0 Å². The summed E-state index contributed by atoms with van der Waals surface area (Å²) in [4.78, 5) is 2.43. The van der Waals surface area contributed by atoms with Gasteiger partial charge in [0.2, 0.25) is 0 Å². The lowest BCUT2D eigenvalue weighted by molar-refractivity contribution is 0.267. The van der Waals surface area contributed by atoms with Gasteiger partial charge in [0.05, 0.1) is 0 Å². The molecule has 1 atom stereocenters. The van der Waals surface area contributed by atoms with Crippen LogP contribution >= 0.6 is 15.9 Å². The Bertz CT molecular complexity index is 397. The molecule has 4 heteroatoms. The second kappa shape index (κ2) is 6.55. The number of aryl methyl sites for hydroxylation is 1. The number of nitrogens with one attached hydrogen (secondary N) is 1. The highest BCUT2D eigenvalue weighted by Gasteiger charge is 2.18. The first-order valence-electron chi connectivity index (χ1n) is 6.56. The maximum atomic E-state index is 9.09. The van der Waals surface area contributed by atoms with Crippen molar-refractivity contribution in [2.75, 3.05) is 31.1 Å². The molecule has 0 bridgehead atoms. The fraction of sp³-hybridized carbons (Fsp3) is 0.571. The largest absolute Gasteiger partial charge is 0.396 e. The molecule has 0 radical (unpaired) electrons. The topological polar surface area (TPSA) is 35.5 Å². The van der Waals surface area contributed by atoms with E-state index in [0.29, 0.717) is 6.04 Å². The highest BCUT2D eigenvalue weighted by molar-refractivity contribution is 9.10. The summed E-state index contributed by atoms with van der Waals surface area (Å²) in [6.07, 6.45) is 1.98. The Morgan fingerprint density at radius 2 is 2.33 bits per heavy atom. The highest BCUT2D eigenvalue weighted by atomic mass is 79.9. The van der Waals surface area contributed by atoms with E-state index in [1.54, 1.807) is 0 Å². The molecule has 0 amide bonds. The number of aliphatic hydroxyl groups excluding tert-OH is 1. The zero-order chi connectivity index (χ0) is 13.0. The number of nitrogens with zero attached hydrogens (tertiary/aromatic N) is 1. The van der Waals surface area contributed by atoms with E-state index in [0.717, 1.165) is 36.9 Å². The van der Waals surface area contributed by atoms with Crippen molar-refractivity contribution in [2.24, 2.45) is 0 Å². The summed E-state index contributed by atoms with van der Waals surface area (Å²) < 4.78 is 1.13. The van der Waals surface area contributed by atoms with Crippen molar-refractivity contribution in [3.8, 4) is 0 Å². The molecule has 0 aromatic heterocycles. The summed E-state index contributed by atoms with van der Waals surface area (Å²) in [6.45, 7) is 5.50. The Hall–Kier alpha value is -0.580. The SMILES string of the molecule is Cc1cc(Br)ccc1N1CCCNC(CCO)C1. The molecule has 1 saturated heterocycles. The number of halogens is 1. The fourth-order valence-corrected chi connectivity index (χ4v) is 3.02. The van der Waals surface area contributed by atoms with E-state index >= 15 is 0 Å². The van der Waals surface area contributed by atoms with Gasteiger partial charge in [0.25, 0.3) is 0 Å². The monoisotopic (exact) mass is 312 g/mol. The molecule has 1 aromatic rings. The Morgan fingerprint density at radius 3 is 3.06 bits per heavy atom. The Morgan fingerprint density at radius 1 is 1.50 bits per heavy atom. The van der Waals surface area contributed by atoms with Gasteiger partial charge in [0.1, 0.15) is 0 Å². The molecular formula is C14H21BrN2O. The summed E-state index contributed by atoms with van der Waals surface area (Å²) in [5.74, 6) is 0. The summed E-state index contributed by atoms with van der Waals surface area (Å²) in [6, 6.07) is 6.83. The maximum absolute atomic E-state index is 9.09. The van der Waals surface area contributed by atoms with E-state index in [9.17, 15) is 0 Å². The molecule has 0 spiro atoms. The zero-order valence-corrected chi connectivity index (χ0v) is 12.4. The van der Waals surface area contributed by atoms with Crippen LogP contribution in [0.25, 0.3) is 0 Å². The predicted octanol–water partition coefficient (Wildman–Crippen LogP) is 2.31. The molecule has 1 aliphatic rings. The minimum atomic E-state index is 0.255. The number of aliphatic hydroxyl groups is 1. The normalized spacial score (nSPS) is 20.8. The minimum absolute atomic E-state index is 0.255. The van der Waals surface area contributed by atoms with Gasteiger partial charge in [0.15, 0.2) is 0 Å². The van der Waals surface area contributed by atoms with Gasteiger partial charge >= 0.3 is 0 Å². The van der Waals surface area contributed by atoms with Crippen LogP contribution in [-0.2, 0) is 0 Å². The van der Waals surface area contributed by atoms with Gasteiger partial charge < -0.3 is 15.3 Å². The highest BCUT2D eigenvalue weighted by Crippen LogP contribution is 2.25. The molecule has 0 aliphatic carbocycles. The number of hydrogen-bond acceptors (Lipinski definition) is 3. The molecule has 1 heterocycles. The molecule has 2 N–H and O–H groups in total. The fourth-order valence-electron chi connectivity index (χ4n) is 2.54. The number of hydrogen-bond donors (Lipinski definition) is 2. The number of benzene rings is 1. The van der Waals surface area contributed by atoms with Crippen molar-refractivity contribution >= 4 is 21.6 Å². The molecule has 1 unspecified atom stereocenters. The predicted molar refractivity (Wildman–Crippen MR) is 79.2 cm³/mol. The Balaban J connectivity index is 2.14. The molecular weight excluding hydrogens is 292 g/mol. The minimum Gasteiger partial charge on any atom is -0.396 e. The second-order valence-electron chi connectivity index (χ2n) is 4.89. The zero-order valence-electron chi connectivity index (χ0n) is 10.8. The van der Waals surface area contributed by atoms with Gasteiger partial charge in [-0.2, -0.15) is 0 Å². The van der Waals surface area contributed by atoms with Crippen molar-refractivity contribution < 1.29 is 5.11 Å². The first-order valence-corrected chi connectivity index (χ1v) is 7.35. The van der Waals surface area contributed by atoms with Gasteiger partial charge in [-0.3, -0.25) is 0 Å². The van der Waals surface area contributed by atoms with Crippen LogP contribution in [0.1, 0.15) is 18.4 Å². The number of rotatable bonds is 3. The van der Waals surface area contributed by atoms with Crippen LogP contribution in [0.2, 0.25) is 0 Å². The first-order chi connectivity index (χ1) is 8.70. The quantitative estimate of drug-likeness (QED) is 0.899. The molecule has 100 valence electrons. The van der Waals surface area contributed by atoms with Crippen molar-refractivity contribution in [3.05, 3.63) is 28.2 Å². The Labute approximate surface area is 117 Å². The number of anilines is 1. The summed E-state index contributed by atoms with van der Waals surface area (Å²) in [5.41, 5.74) is 2.61. The third-order valence-corrected chi connectivity index (χ3v) is 3.95. The van der Waals surface area contributed by atoms with Crippen LogP contribution in [0.4, 0.5) is 5.69 Å². The average molecular weight is 313 g/mol. The molecule has 1 aromatic carbocycles. The lowest BCUT2D eigenvalue weighted by Crippen LogP contribution is -2.38. The summed E-state index contributed by atoms with van der Waals surface area (Å²) in [7, 11) is 0. The summed E-state index contributed by atoms with van der Waals surface area (Å²) in [5, 5.41) is 12.6. The second-order valence-corrected chi connectivity index (χ2v) is 5.81. The standard InChI is InChI=1S/C14H21BrN2O/c1-11-9-12(15)3-4-14(11)17-7-2-6-16-13(10-17)5-8-18/h3-4,9,13,16,18H,2,5-8,10H2,1H3. The summed E-state index contributed by atoms with van der Waals surface area (Å²) >= 11 is 3.51. The van der Waals surface area contributed by atoms with Crippen molar-refractivity contribution in [3.63, 3.8) is 0 Å². The first kappa shape index (κ1) is 13.8. The van der Waals surface area contributed by atoms with Gasteiger partial charge in [-0.1, -0.05) is 15.9 Å². The lowest BCUT2D eigenvalue weighted by Gasteiger charge is -2.27. The van der Waals surface area contributed by atoms with Crippen molar-refractivity contribution in [1.82, 2.24) is 5.32 Å². The van der Waals surface area contributed by atoms with E-state index in [2.05, 4.69) is 51.3 Å². The van der Waals surface area contributed by atoms with Gasteiger partial charge in [-0.25, -0.2) is 0 Å². The lowest BCUT2D eigenvalue weighted by atomic mass is 10.1. The van der Waals surface area contributed by atoms with Crippen LogP contribution in [0.3, 0.4) is 0 Å². The molecule has 1 fully saturated rings. The van der Waals surface area contributed by atoms with Crippen LogP contribution in [0.5, 0.6) is 0 Å². The molecule has 2 rings (SSSR count). The molecule has 1 aliphatic heterocycles. The maximum Gasteiger partial charge on any atom is 0.0446 e. The van der Waals surface area contributed by atoms with Gasteiger partial charge in [-0.15, -0.1) is 0 Å². The van der Waals surface area contributed by atoms with E-state index in [1.165, 1.54) is 11.3 Å². The Kier molecular flexibility index (Phi) is 5.03. The molecule has 3 nitrogen and oxygen atoms in total.